The van der Waals surface area contributed by atoms with Crippen molar-refractivity contribution in [3.63, 3.8) is 0 Å². The highest BCUT2D eigenvalue weighted by atomic mass is 16.5. The van der Waals surface area contributed by atoms with Crippen LogP contribution < -0.4 is 15.1 Å². The summed E-state index contributed by atoms with van der Waals surface area (Å²) in [5, 5.41) is 3.73. The number of piperazine rings is 1. The number of esters is 1. The Hall–Kier alpha value is -2.38. The fourth-order valence-electron chi connectivity index (χ4n) is 3.43. The van der Waals surface area contributed by atoms with Crippen LogP contribution in [0.25, 0.3) is 10.9 Å². The third-order valence-electron chi connectivity index (χ3n) is 4.93. The van der Waals surface area contributed by atoms with Crippen LogP contribution in [0.3, 0.4) is 0 Å². The van der Waals surface area contributed by atoms with Crippen molar-refractivity contribution in [2.24, 2.45) is 0 Å². The molecule has 7 nitrogen and oxygen atoms in total. The van der Waals surface area contributed by atoms with Crippen molar-refractivity contribution in [3.05, 3.63) is 30.0 Å². The number of fused-ring (bicyclic) bond motifs is 1. The second kappa shape index (κ2) is 7.67. The molecule has 4 N–H and O–H groups in total. The SMILES string of the molecule is CC[NH+]1CC[NH+](CC(=O)Nc2c(C(=O)OC)[nH]c3ccccc23)CC1. The number of aromatic nitrogens is 1. The van der Waals surface area contributed by atoms with Gasteiger partial charge in [0, 0.05) is 10.9 Å². The van der Waals surface area contributed by atoms with Crippen molar-refractivity contribution in [3.8, 4) is 0 Å². The average Bonchev–Trinajstić information content (AvgIpc) is 3.00. The van der Waals surface area contributed by atoms with Crippen molar-refractivity contribution < 1.29 is 24.1 Å². The first-order valence-electron chi connectivity index (χ1n) is 8.78. The van der Waals surface area contributed by atoms with E-state index < -0.39 is 5.97 Å². The monoisotopic (exact) mass is 346 g/mol. The highest BCUT2D eigenvalue weighted by Gasteiger charge is 2.25. The lowest BCUT2D eigenvalue weighted by Gasteiger charge is -2.28. The fraction of sp³-hybridized carbons (Fsp3) is 0.444. The number of amides is 1. The molecule has 1 aromatic carbocycles. The fourth-order valence-corrected chi connectivity index (χ4v) is 3.43. The average molecular weight is 346 g/mol. The summed E-state index contributed by atoms with van der Waals surface area (Å²) in [7, 11) is 1.33. The molecule has 1 fully saturated rings. The first-order valence-corrected chi connectivity index (χ1v) is 8.78. The molecule has 1 saturated heterocycles. The number of hydrogen-bond acceptors (Lipinski definition) is 3. The molecular formula is C18H26N4O3+2. The molecule has 1 amide bonds. The van der Waals surface area contributed by atoms with E-state index in [2.05, 4.69) is 17.2 Å². The Bertz CT molecular complexity index is 763. The zero-order valence-electron chi connectivity index (χ0n) is 14.8. The number of rotatable bonds is 5. The number of H-pyrrole nitrogens is 1. The quantitative estimate of drug-likeness (QED) is 0.508. The molecule has 134 valence electrons. The molecule has 7 heteroatoms. The van der Waals surface area contributed by atoms with Gasteiger partial charge < -0.3 is 24.8 Å². The van der Waals surface area contributed by atoms with Gasteiger partial charge in [-0.1, -0.05) is 18.2 Å². The van der Waals surface area contributed by atoms with Crippen LogP contribution in [0.4, 0.5) is 5.69 Å². The van der Waals surface area contributed by atoms with Gasteiger partial charge >= 0.3 is 5.97 Å². The molecule has 0 atom stereocenters. The van der Waals surface area contributed by atoms with E-state index in [9.17, 15) is 9.59 Å². The molecule has 0 saturated carbocycles. The normalized spacial score (nSPS) is 20.4. The molecule has 1 aliphatic heterocycles. The van der Waals surface area contributed by atoms with Crippen LogP contribution in [0, 0.1) is 0 Å². The predicted molar refractivity (Wildman–Crippen MR) is 95.1 cm³/mol. The lowest BCUT2D eigenvalue weighted by Crippen LogP contribution is -3.28. The van der Waals surface area contributed by atoms with E-state index in [0.29, 0.717) is 12.2 Å². The Balaban J connectivity index is 1.73. The van der Waals surface area contributed by atoms with Crippen LogP contribution in [0.2, 0.25) is 0 Å². The smallest absolute Gasteiger partial charge is 0.356 e. The van der Waals surface area contributed by atoms with Gasteiger partial charge in [0.1, 0.15) is 31.9 Å². The summed E-state index contributed by atoms with van der Waals surface area (Å²) in [6.07, 6.45) is 0. The lowest BCUT2D eigenvalue weighted by molar-refractivity contribution is -1.01. The predicted octanol–water partition coefficient (Wildman–Crippen LogP) is -1.30. The molecule has 0 bridgehead atoms. The standard InChI is InChI=1S/C18H24N4O3/c1-3-21-8-10-22(11-9-21)12-15(23)20-16-13-6-4-5-7-14(13)19-17(16)18(24)25-2/h4-7,19H,3,8-12H2,1-2H3,(H,20,23)/p+2. The molecule has 0 spiro atoms. The number of quaternary nitrogens is 2. The zero-order chi connectivity index (χ0) is 17.8. The van der Waals surface area contributed by atoms with Crippen LogP contribution >= 0.6 is 0 Å². The number of carbonyl (C=O) groups excluding carboxylic acids is 2. The largest absolute Gasteiger partial charge is 0.464 e. The Morgan fingerprint density at radius 1 is 1.16 bits per heavy atom. The van der Waals surface area contributed by atoms with Gasteiger partial charge in [0.15, 0.2) is 6.54 Å². The molecule has 1 aromatic heterocycles. The van der Waals surface area contributed by atoms with Crippen LogP contribution in [0.5, 0.6) is 0 Å². The number of ether oxygens (including phenoxy) is 1. The van der Waals surface area contributed by atoms with Crippen molar-refractivity contribution in [1.82, 2.24) is 4.98 Å². The number of para-hydroxylation sites is 1. The molecule has 3 rings (SSSR count). The van der Waals surface area contributed by atoms with Crippen molar-refractivity contribution in [2.75, 3.05) is 51.7 Å². The first kappa shape index (κ1) is 17.4. The van der Waals surface area contributed by atoms with E-state index in [1.165, 1.54) is 12.0 Å². The van der Waals surface area contributed by atoms with Crippen LogP contribution in [-0.2, 0) is 9.53 Å². The summed E-state index contributed by atoms with van der Waals surface area (Å²) in [5.74, 6) is -0.566. The highest BCUT2D eigenvalue weighted by Crippen LogP contribution is 2.28. The van der Waals surface area contributed by atoms with Gasteiger partial charge in [0.2, 0.25) is 0 Å². The minimum absolute atomic E-state index is 0.0788. The number of methoxy groups -OCH3 is 1. The van der Waals surface area contributed by atoms with E-state index >= 15 is 0 Å². The minimum atomic E-state index is -0.487. The summed E-state index contributed by atoms with van der Waals surface area (Å²) < 4.78 is 4.83. The molecule has 0 radical (unpaired) electrons. The number of aromatic amines is 1. The van der Waals surface area contributed by atoms with Crippen LogP contribution in [0.1, 0.15) is 17.4 Å². The number of anilines is 1. The highest BCUT2D eigenvalue weighted by molar-refractivity contribution is 6.11. The van der Waals surface area contributed by atoms with E-state index in [0.717, 1.165) is 43.6 Å². The Morgan fingerprint density at radius 2 is 1.84 bits per heavy atom. The molecule has 0 aliphatic carbocycles. The second-order valence-electron chi connectivity index (χ2n) is 6.49. The maximum atomic E-state index is 12.5. The topological polar surface area (TPSA) is 80.1 Å². The van der Waals surface area contributed by atoms with Crippen molar-refractivity contribution >= 4 is 28.5 Å². The van der Waals surface area contributed by atoms with Gasteiger partial charge in [0.05, 0.1) is 19.3 Å². The van der Waals surface area contributed by atoms with Gasteiger partial charge in [-0.2, -0.15) is 0 Å². The summed E-state index contributed by atoms with van der Waals surface area (Å²) in [6, 6.07) is 7.51. The Morgan fingerprint density at radius 3 is 2.52 bits per heavy atom. The molecule has 2 heterocycles. The third kappa shape index (κ3) is 3.83. The van der Waals surface area contributed by atoms with Crippen LogP contribution in [0.15, 0.2) is 24.3 Å². The second-order valence-corrected chi connectivity index (χ2v) is 6.49. The van der Waals surface area contributed by atoms with Crippen molar-refractivity contribution in [2.45, 2.75) is 6.92 Å². The number of benzene rings is 1. The first-order chi connectivity index (χ1) is 12.1. The van der Waals surface area contributed by atoms with Crippen molar-refractivity contribution in [1.29, 1.82) is 0 Å². The lowest BCUT2D eigenvalue weighted by atomic mass is 10.2. The Kier molecular flexibility index (Phi) is 5.35. The van der Waals surface area contributed by atoms with Gasteiger partial charge in [-0.3, -0.25) is 4.79 Å². The summed E-state index contributed by atoms with van der Waals surface area (Å²) in [4.78, 5) is 30.5. The molecular weight excluding hydrogens is 320 g/mol. The van der Waals surface area contributed by atoms with Gasteiger partial charge in [0.25, 0.3) is 5.91 Å². The number of likely N-dealkylation sites (N-methyl/N-ethyl adjacent to an activating group) is 1. The number of nitrogens with one attached hydrogen (secondary N) is 4. The maximum absolute atomic E-state index is 12.5. The summed E-state index contributed by atoms with van der Waals surface area (Å²) in [5.41, 5.74) is 1.59. The van der Waals surface area contributed by atoms with Gasteiger partial charge in [-0.25, -0.2) is 4.79 Å². The summed E-state index contributed by atoms with van der Waals surface area (Å²) >= 11 is 0. The zero-order valence-corrected chi connectivity index (χ0v) is 14.8. The van der Waals surface area contributed by atoms with Gasteiger partial charge in [-0.05, 0) is 13.0 Å². The van der Waals surface area contributed by atoms with E-state index in [-0.39, 0.29) is 11.6 Å². The third-order valence-corrected chi connectivity index (χ3v) is 4.93. The minimum Gasteiger partial charge on any atom is -0.464 e. The molecule has 0 unspecified atom stereocenters. The molecule has 2 aromatic rings. The van der Waals surface area contributed by atoms with E-state index in [4.69, 9.17) is 4.74 Å². The Labute approximate surface area is 146 Å². The number of carbonyl (C=O) groups is 2. The molecule has 1 aliphatic rings. The maximum Gasteiger partial charge on any atom is 0.356 e. The summed E-state index contributed by atoms with van der Waals surface area (Å²) in [6.45, 7) is 7.93. The van der Waals surface area contributed by atoms with Crippen LogP contribution in [-0.4, -0.2) is 63.2 Å². The number of hydrogen-bond donors (Lipinski definition) is 4. The van der Waals surface area contributed by atoms with E-state index in [1.807, 2.05) is 24.3 Å². The molecule has 25 heavy (non-hydrogen) atoms. The van der Waals surface area contributed by atoms with Gasteiger partial charge in [-0.15, -0.1) is 0 Å². The van der Waals surface area contributed by atoms with E-state index in [1.54, 1.807) is 4.90 Å².